The molecule has 0 bridgehead atoms. The van der Waals surface area contributed by atoms with Gasteiger partial charge in [-0.1, -0.05) is 6.92 Å². The van der Waals surface area contributed by atoms with Gasteiger partial charge >= 0.3 is 16.9 Å². The molecule has 0 aliphatic rings. The average Bonchev–Trinajstić information content (AvgIpc) is 2.67. The number of nitrogens with zero attached hydrogens (tertiary/aromatic N) is 1. The van der Waals surface area contributed by atoms with Crippen molar-refractivity contribution in [2.75, 3.05) is 12.4 Å². The van der Waals surface area contributed by atoms with Gasteiger partial charge in [-0.15, -0.1) is 0 Å². The lowest BCUT2D eigenvalue weighted by Crippen LogP contribution is -2.09. The van der Waals surface area contributed by atoms with Crippen molar-refractivity contribution < 1.29 is 31.1 Å². The van der Waals surface area contributed by atoms with Crippen LogP contribution < -0.4 is 8.71 Å². The minimum Gasteiger partial charge on any atom is -0.417 e. The zero-order valence-electron chi connectivity index (χ0n) is 15.7. The molecule has 0 N–H and O–H groups in total. The van der Waals surface area contributed by atoms with E-state index in [1.54, 1.807) is 6.92 Å². The third kappa shape index (κ3) is 6.74. The van der Waals surface area contributed by atoms with Gasteiger partial charge in [0, 0.05) is 17.9 Å². The van der Waals surface area contributed by atoms with Crippen molar-refractivity contribution in [1.82, 2.24) is 0 Å². The van der Waals surface area contributed by atoms with Gasteiger partial charge in [-0.3, -0.25) is 14.6 Å². The van der Waals surface area contributed by atoms with E-state index in [1.165, 1.54) is 36.4 Å². The summed E-state index contributed by atoms with van der Waals surface area (Å²) in [5, 5.41) is 10.7. The topological polar surface area (TPSA) is 122 Å². The van der Waals surface area contributed by atoms with E-state index in [4.69, 9.17) is 13.2 Å². The molecule has 0 radical (unpaired) electrons. The molecule has 0 aliphatic carbocycles. The van der Waals surface area contributed by atoms with Gasteiger partial charge in [-0.2, -0.15) is 8.42 Å². The van der Waals surface area contributed by atoms with E-state index in [1.807, 2.05) is 6.92 Å². The highest BCUT2D eigenvalue weighted by molar-refractivity contribution is 8.55. The Labute approximate surface area is 172 Å². The van der Waals surface area contributed by atoms with Crippen LogP contribution in [-0.2, 0) is 19.2 Å². The van der Waals surface area contributed by atoms with Gasteiger partial charge in [0.05, 0.1) is 11.5 Å². The second kappa shape index (κ2) is 10.1. The quantitative estimate of drug-likeness (QED) is 0.196. The number of hydrogen-bond acceptors (Lipinski definition) is 9. The number of benzene rings is 2. The Morgan fingerprint density at radius 3 is 2.14 bits per heavy atom. The molecule has 0 amide bonds. The van der Waals surface area contributed by atoms with Gasteiger partial charge in [-0.25, -0.2) is 4.57 Å². The van der Waals surface area contributed by atoms with Crippen molar-refractivity contribution >= 4 is 34.0 Å². The fourth-order valence-electron chi connectivity index (χ4n) is 2.05. The first kappa shape index (κ1) is 23.2. The number of nitro groups is 1. The largest absolute Gasteiger partial charge is 0.440 e. The number of nitro benzene ring substituents is 1. The lowest BCUT2D eigenvalue weighted by atomic mass is 10.3. The second-order valence-electron chi connectivity index (χ2n) is 5.55. The molecule has 1 atom stereocenters. The molecule has 12 heteroatoms. The molecule has 0 saturated carbocycles. The predicted octanol–water partition coefficient (Wildman–Crippen LogP) is 5.03. The zero-order chi connectivity index (χ0) is 21.5. The van der Waals surface area contributed by atoms with Crippen LogP contribution in [0.4, 0.5) is 5.69 Å². The molecule has 158 valence electrons. The van der Waals surface area contributed by atoms with Crippen LogP contribution in [0.2, 0.25) is 0 Å². The van der Waals surface area contributed by atoms with Crippen LogP contribution >= 0.6 is 18.2 Å². The summed E-state index contributed by atoms with van der Waals surface area (Å²) in [5.74, 6) is 0.722. The molecule has 0 aromatic heterocycles. The van der Waals surface area contributed by atoms with Gasteiger partial charge < -0.3 is 8.71 Å². The second-order valence-corrected chi connectivity index (χ2v) is 11.2. The molecule has 0 heterocycles. The van der Waals surface area contributed by atoms with Crippen molar-refractivity contribution in [1.29, 1.82) is 0 Å². The Kier molecular flexibility index (Phi) is 8.09. The normalized spacial score (nSPS) is 13.4. The van der Waals surface area contributed by atoms with Gasteiger partial charge in [0.25, 0.3) is 5.69 Å². The summed E-state index contributed by atoms with van der Waals surface area (Å²) in [5.41, 5.74) is -0.184. The van der Waals surface area contributed by atoms with Crippen molar-refractivity contribution in [3.8, 4) is 11.5 Å². The molecule has 0 fully saturated rings. The molecule has 0 spiro atoms. The molecule has 0 aliphatic heterocycles. The fraction of sp³-hybridized carbons (Fsp3) is 0.294. The molecule has 0 saturated heterocycles. The van der Waals surface area contributed by atoms with E-state index in [2.05, 4.69) is 0 Å². The van der Waals surface area contributed by atoms with E-state index < -0.39 is 21.8 Å². The van der Waals surface area contributed by atoms with Crippen LogP contribution in [0.25, 0.3) is 0 Å². The van der Waals surface area contributed by atoms with Crippen LogP contribution in [-0.4, -0.2) is 25.7 Å². The van der Waals surface area contributed by atoms with Crippen LogP contribution in [0.15, 0.2) is 53.4 Å². The van der Waals surface area contributed by atoms with Crippen molar-refractivity contribution in [2.45, 2.75) is 25.2 Å². The Morgan fingerprint density at radius 2 is 1.62 bits per heavy atom. The van der Waals surface area contributed by atoms with Gasteiger partial charge in [0.1, 0.15) is 16.4 Å². The Bertz CT molecular complexity index is 977. The summed E-state index contributed by atoms with van der Waals surface area (Å²) >= 11 is 1.08. The Balaban J connectivity index is 2.13. The van der Waals surface area contributed by atoms with Crippen molar-refractivity contribution in [3.05, 3.63) is 58.6 Å². The van der Waals surface area contributed by atoms with Crippen molar-refractivity contribution in [3.63, 3.8) is 0 Å². The van der Waals surface area contributed by atoms with E-state index >= 15 is 0 Å². The molecule has 2 aromatic carbocycles. The summed E-state index contributed by atoms with van der Waals surface area (Å²) < 4.78 is 53.1. The molecular formula is C17H20NO8PS2. The minimum absolute atomic E-state index is 0.0623. The smallest absolute Gasteiger partial charge is 0.417 e. The van der Waals surface area contributed by atoms with E-state index in [0.29, 0.717) is 5.75 Å². The summed E-state index contributed by atoms with van der Waals surface area (Å²) in [6.45, 7) is 0.452. The maximum atomic E-state index is 12.7. The van der Waals surface area contributed by atoms with Crippen LogP contribution in [0.3, 0.4) is 0 Å². The highest BCUT2D eigenvalue weighted by Crippen LogP contribution is 2.60. The Hall–Kier alpha value is -2.07. The SMILES string of the molecule is CCCSP(=O)(OCC)Oc1ccc(S(=O)(=O)Oc2ccc([N+](=O)[O-])cc2)cc1. The molecule has 9 nitrogen and oxygen atoms in total. The van der Waals surface area contributed by atoms with Gasteiger partial charge in [0.2, 0.25) is 0 Å². The Morgan fingerprint density at radius 1 is 1.03 bits per heavy atom. The first-order chi connectivity index (χ1) is 13.7. The maximum Gasteiger partial charge on any atom is 0.440 e. The molecular weight excluding hydrogens is 441 g/mol. The summed E-state index contributed by atoms with van der Waals surface area (Å²) in [6, 6.07) is 9.86. The third-order valence-electron chi connectivity index (χ3n) is 3.32. The lowest BCUT2D eigenvalue weighted by molar-refractivity contribution is -0.384. The highest BCUT2D eigenvalue weighted by atomic mass is 32.7. The summed E-state index contributed by atoms with van der Waals surface area (Å²) in [4.78, 5) is 9.90. The van der Waals surface area contributed by atoms with Gasteiger partial charge in [0.15, 0.2) is 0 Å². The lowest BCUT2D eigenvalue weighted by Gasteiger charge is -2.17. The number of rotatable bonds is 11. The van der Waals surface area contributed by atoms with Crippen LogP contribution in [0, 0.1) is 10.1 Å². The van der Waals surface area contributed by atoms with Crippen molar-refractivity contribution in [2.24, 2.45) is 0 Å². The van der Waals surface area contributed by atoms with E-state index in [0.717, 1.165) is 29.9 Å². The van der Waals surface area contributed by atoms with Crippen LogP contribution in [0.1, 0.15) is 20.3 Å². The average molecular weight is 461 g/mol. The maximum absolute atomic E-state index is 12.7. The third-order valence-corrected chi connectivity index (χ3v) is 8.54. The monoisotopic (exact) mass is 461 g/mol. The number of non-ortho nitro benzene ring substituents is 1. The molecule has 29 heavy (non-hydrogen) atoms. The van der Waals surface area contributed by atoms with E-state index in [-0.39, 0.29) is 28.7 Å². The van der Waals surface area contributed by atoms with E-state index in [9.17, 15) is 23.1 Å². The first-order valence-corrected chi connectivity index (χ1v) is 13.1. The summed E-state index contributed by atoms with van der Waals surface area (Å²) in [7, 11) is -4.16. The molecule has 2 rings (SSSR count). The standard InChI is InChI=1S/C17H20NO8PS2/c1-3-13-28-27(21,24-4-2)25-15-9-11-17(12-10-15)29(22,23)26-16-7-5-14(6-8-16)18(19)20/h5-12H,3-4,13H2,1-2H3. The molecule has 2 aromatic rings. The van der Waals surface area contributed by atoms with Gasteiger partial charge in [-0.05, 0) is 61.1 Å². The highest BCUT2D eigenvalue weighted by Gasteiger charge is 2.27. The zero-order valence-corrected chi connectivity index (χ0v) is 18.2. The summed E-state index contributed by atoms with van der Waals surface area (Å²) in [6.07, 6.45) is 0.794. The molecule has 1 unspecified atom stereocenters. The fourth-order valence-corrected chi connectivity index (χ4v) is 6.43. The first-order valence-electron chi connectivity index (χ1n) is 8.57. The predicted molar refractivity (Wildman–Crippen MR) is 110 cm³/mol. The van der Waals surface area contributed by atoms with Crippen LogP contribution in [0.5, 0.6) is 11.5 Å². The minimum atomic E-state index is -4.16. The number of hydrogen-bond donors (Lipinski definition) is 0.